The Morgan fingerprint density at radius 3 is 2.84 bits per heavy atom. The molecule has 1 atom stereocenters. The molecule has 6 heteroatoms. The van der Waals surface area contributed by atoms with Gasteiger partial charge in [0.2, 0.25) is 0 Å². The van der Waals surface area contributed by atoms with E-state index >= 15 is 0 Å². The molecular weight excluding hydrogens is 316 g/mol. The van der Waals surface area contributed by atoms with Crippen molar-refractivity contribution in [2.24, 2.45) is 0 Å². The van der Waals surface area contributed by atoms with Crippen molar-refractivity contribution in [1.29, 1.82) is 0 Å². The van der Waals surface area contributed by atoms with Crippen LogP contribution in [0.4, 0.5) is 0 Å². The van der Waals surface area contributed by atoms with Gasteiger partial charge in [-0.25, -0.2) is 4.98 Å². The SMILES string of the molecule is O=C(c1ccc(-c2cnco2)cc1)N1CCCC[C@@H]1Cn1cccn1. The van der Waals surface area contributed by atoms with Gasteiger partial charge in [-0.3, -0.25) is 9.48 Å². The number of nitrogens with zero attached hydrogens (tertiary/aromatic N) is 4. The standard InChI is InChI=1S/C19H20N4O2/c24-19(16-7-5-15(6-8-16)18-12-20-14-25-18)23-11-2-1-4-17(23)13-22-10-3-9-21-22/h3,5-10,12,14,17H,1-2,4,11,13H2/t17-/m1/s1. The summed E-state index contributed by atoms with van der Waals surface area (Å²) in [6.07, 6.45) is 10.0. The van der Waals surface area contributed by atoms with Crippen LogP contribution in [0.2, 0.25) is 0 Å². The lowest BCUT2D eigenvalue weighted by Crippen LogP contribution is -2.45. The topological polar surface area (TPSA) is 64.2 Å². The van der Waals surface area contributed by atoms with Gasteiger partial charge < -0.3 is 9.32 Å². The van der Waals surface area contributed by atoms with E-state index in [0.29, 0.717) is 11.3 Å². The fourth-order valence-corrected chi connectivity index (χ4v) is 3.38. The molecule has 1 aliphatic heterocycles. The van der Waals surface area contributed by atoms with Crippen LogP contribution in [-0.2, 0) is 6.54 Å². The first kappa shape index (κ1) is 15.6. The molecule has 1 saturated heterocycles. The Kier molecular flexibility index (Phi) is 4.33. The van der Waals surface area contributed by atoms with E-state index in [-0.39, 0.29) is 11.9 Å². The van der Waals surface area contributed by atoms with Crippen LogP contribution in [0.5, 0.6) is 0 Å². The lowest BCUT2D eigenvalue weighted by atomic mass is 10.00. The van der Waals surface area contributed by atoms with Crippen molar-refractivity contribution in [3.8, 4) is 11.3 Å². The average molecular weight is 336 g/mol. The minimum absolute atomic E-state index is 0.0842. The van der Waals surface area contributed by atoms with Crippen LogP contribution in [0, 0.1) is 0 Å². The Bertz CT molecular complexity index is 810. The number of carbonyl (C=O) groups excluding carboxylic acids is 1. The summed E-state index contributed by atoms with van der Waals surface area (Å²) in [6.45, 7) is 1.55. The third kappa shape index (κ3) is 3.33. The second-order valence-electron chi connectivity index (χ2n) is 6.32. The summed E-state index contributed by atoms with van der Waals surface area (Å²) in [7, 11) is 0. The molecule has 2 aromatic heterocycles. The van der Waals surface area contributed by atoms with Gasteiger partial charge in [-0.1, -0.05) is 12.1 Å². The van der Waals surface area contributed by atoms with E-state index in [9.17, 15) is 4.79 Å². The van der Waals surface area contributed by atoms with Gasteiger partial charge in [-0.2, -0.15) is 5.10 Å². The molecule has 3 heterocycles. The minimum atomic E-state index is 0.0842. The number of amides is 1. The number of hydrogen-bond donors (Lipinski definition) is 0. The maximum atomic E-state index is 13.0. The minimum Gasteiger partial charge on any atom is -0.444 e. The lowest BCUT2D eigenvalue weighted by molar-refractivity contribution is 0.0584. The molecule has 1 fully saturated rings. The molecule has 4 rings (SSSR count). The molecule has 3 aromatic rings. The molecular formula is C19H20N4O2. The predicted octanol–water partition coefficient (Wildman–Crippen LogP) is 3.23. The number of carbonyl (C=O) groups is 1. The highest BCUT2D eigenvalue weighted by Gasteiger charge is 2.27. The Balaban J connectivity index is 1.51. The summed E-state index contributed by atoms with van der Waals surface area (Å²) in [5, 5.41) is 4.28. The van der Waals surface area contributed by atoms with E-state index in [0.717, 1.165) is 37.9 Å². The molecule has 0 unspecified atom stereocenters. The van der Waals surface area contributed by atoms with E-state index in [1.54, 1.807) is 12.4 Å². The Morgan fingerprint density at radius 2 is 2.12 bits per heavy atom. The number of aromatic nitrogens is 3. The number of hydrogen-bond acceptors (Lipinski definition) is 4. The molecule has 6 nitrogen and oxygen atoms in total. The zero-order chi connectivity index (χ0) is 17.1. The van der Waals surface area contributed by atoms with Crippen LogP contribution in [0.15, 0.2) is 59.7 Å². The highest BCUT2D eigenvalue weighted by atomic mass is 16.3. The van der Waals surface area contributed by atoms with Gasteiger partial charge in [0.05, 0.1) is 18.8 Å². The summed E-state index contributed by atoms with van der Waals surface area (Å²) < 4.78 is 7.20. The number of oxazole rings is 1. The first-order chi connectivity index (χ1) is 12.3. The lowest BCUT2D eigenvalue weighted by Gasteiger charge is -2.35. The highest BCUT2D eigenvalue weighted by molar-refractivity contribution is 5.95. The Hall–Kier alpha value is -2.89. The monoisotopic (exact) mass is 336 g/mol. The van der Waals surface area contributed by atoms with E-state index in [1.165, 1.54) is 6.39 Å². The molecule has 0 N–H and O–H groups in total. The summed E-state index contributed by atoms with van der Waals surface area (Å²) >= 11 is 0. The fraction of sp³-hybridized carbons (Fsp3) is 0.316. The van der Waals surface area contributed by atoms with Gasteiger partial charge in [-0.05, 0) is 37.5 Å². The maximum Gasteiger partial charge on any atom is 0.254 e. The van der Waals surface area contributed by atoms with Gasteiger partial charge in [0.1, 0.15) is 0 Å². The number of likely N-dealkylation sites (tertiary alicyclic amines) is 1. The summed E-state index contributed by atoms with van der Waals surface area (Å²) in [5.74, 6) is 0.787. The van der Waals surface area contributed by atoms with E-state index in [2.05, 4.69) is 10.1 Å². The number of rotatable bonds is 4. The molecule has 0 radical (unpaired) electrons. The molecule has 1 amide bonds. The second-order valence-corrected chi connectivity index (χ2v) is 6.32. The molecule has 0 spiro atoms. The van der Waals surface area contributed by atoms with Crippen LogP contribution in [-0.4, -0.2) is 38.2 Å². The van der Waals surface area contributed by atoms with Crippen molar-refractivity contribution < 1.29 is 9.21 Å². The first-order valence-corrected chi connectivity index (χ1v) is 8.58. The quantitative estimate of drug-likeness (QED) is 0.734. The van der Waals surface area contributed by atoms with E-state index in [1.807, 2.05) is 46.1 Å². The molecule has 128 valence electrons. The van der Waals surface area contributed by atoms with E-state index in [4.69, 9.17) is 4.42 Å². The highest BCUT2D eigenvalue weighted by Crippen LogP contribution is 2.23. The third-order valence-electron chi connectivity index (χ3n) is 4.69. The fourth-order valence-electron chi connectivity index (χ4n) is 3.38. The van der Waals surface area contributed by atoms with Crippen molar-refractivity contribution in [3.63, 3.8) is 0 Å². The molecule has 0 saturated carbocycles. The van der Waals surface area contributed by atoms with Crippen LogP contribution in [0.25, 0.3) is 11.3 Å². The molecule has 1 aliphatic rings. The van der Waals surface area contributed by atoms with Gasteiger partial charge >= 0.3 is 0 Å². The van der Waals surface area contributed by atoms with Crippen LogP contribution < -0.4 is 0 Å². The third-order valence-corrected chi connectivity index (χ3v) is 4.69. The van der Waals surface area contributed by atoms with Crippen molar-refractivity contribution in [3.05, 3.63) is 60.9 Å². The smallest absolute Gasteiger partial charge is 0.254 e. The van der Waals surface area contributed by atoms with Crippen molar-refractivity contribution >= 4 is 5.91 Å². The summed E-state index contributed by atoms with van der Waals surface area (Å²) in [6, 6.07) is 9.63. The first-order valence-electron chi connectivity index (χ1n) is 8.58. The predicted molar refractivity (Wildman–Crippen MR) is 92.8 cm³/mol. The zero-order valence-corrected chi connectivity index (χ0v) is 13.9. The number of benzene rings is 1. The molecule has 0 aliphatic carbocycles. The number of piperidine rings is 1. The second kappa shape index (κ2) is 6.93. The van der Waals surface area contributed by atoms with Crippen molar-refractivity contribution in [2.45, 2.75) is 31.8 Å². The van der Waals surface area contributed by atoms with E-state index < -0.39 is 0 Å². The van der Waals surface area contributed by atoms with Crippen molar-refractivity contribution in [1.82, 2.24) is 19.7 Å². The van der Waals surface area contributed by atoms with Gasteiger partial charge in [0, 0.05) is 30.1 Å². The molecule has 1 aromatic carbocycles. The maximum absolute atomic E-state index is 13.0. The summed E-state index contributed by atoms with van der Waals surface area (Å²) in [5.41, 5.74) is 1.62. The molecule has 0 bridgehead atoms. The van der Waals surface area contributed by atoms with Crippen molar-refractivity contribution in [2.75, 3.05) is 6.54 Å². The van der Waals surface area contributed by atoms with Crippen LogP contribution in [0.3, 0.4) is 0 Å². The van der Waals surface area contributed by atoms with Crippen LogP contribution >= 0.6 is 0 Å². The summed E-state index contributed by atoms with van der Waals surface area (Å²) in [4.78, 5) is 18.9. The van der Waals surface area contributed by atoms with Gasteiger partial charge in [0.25, 0.3) is 5.91 Å². The Labute approximate surface area is 146 Å². The van der Waals surface area contributed by atoms with Gasteiger partial charge in [-0.15, -0.1) is 0 Å². The molecule has 25 heavy (non-hydrogen) atoms. The average Bonchev–Trinajstić information content (AvgIpc) is 3.36. The largest absolute Gasteiger partial charge is 0.444 e. The van der Waals surface area contributed by atoms with Crippen LogP contribution in [0.1, 0.15) is 29.6 Å². The zero-order valence-electron chi connectivity index (χ0n) is 13.9. The van der Waals surface area contributed by atoms with Gasteiger partial charge in [0.15, 0.2) is 12.2 Å². The normalized spacial score (nSPS) is 17.6. The Morgan fingerprint density at radius 1 is 1.24 bits per heavy atom.